The van der Waals surface area contributed by atoms with E-state index in [0.29, 0.717) is 18.9 Å². The first-order chi connectivity index (χ1) is 10.5. The first-order valence-electron chi connectivity index (χ1n) is 7.81. The summed E-state index contributed by atoms with van der Waals surface area (Å²) in [5.74, 6) is 0.450. The van der Waals surface area contributed by atoms with Crippen molar-refractivity contribution in [1.29, 1.82) is 5.41 Å². The minimum absolute atomic E-state index is 0. The van der Waals surface area contributed by atoms with Crippen molar-refractivity contribution in [3.63, 3.8) is 0 Å². The Labute approximate surface area is 144 Å². The zero-order chi connectivity index (χ0) is 16.1. The van der Waals surface area contributed by atoms with Gasteiger partial charge in [0.25, 0.3) is 5.91 Å². The summed E-state index contributed by atoms with van der Waals surface area (Å²) in [5, 5.41) is 9.52. The standard InChI is InChI=1S/C19H24N2O.ClH/c1-14(2)13-21(15(3)10-11-20)19(22)18-9-8-16-6-4-5-7-17(16)12-18;/h4-9,11-12,14-15,20H,10,13H2,1-3H3;1H/t15-;/m0./s1. The molecule has 0 radical (unpaired) electrons. The fourth-order valence-electron chi connectivity index (χ4n) is 2.64. The highest BCUT2D eigenvalue weighted by Gasteiger charge is 2.21. The average Bonchev–Trinajstić information content (AvgIpc) is 2.51. The van der Waals surface area contributed by atoms with E-state index in [4.69, 9.17) is 5.41 Å². The molecular formula is C19H25ClN2O. The number of carbonyl (C=O) groups excluding carboxylic acids is 1. The van der Waals surface area contributed by atoms with Crippen molar-refractivity contribution in [2.45, 2.75) is 33.2 Å². The summed E-state index contributed by atoms with van der Waals surface area (Å²) >= 11 is 0. The van der Waals surface area contributed by atoms with Gasteiger partial charge in [0, 0.05) is 24.6 Å². The summed E-state index contributed by atoms with van der Waals surface area (Å²) < 4.78 is 0. The van der Waals surface area contributed by atoms with Crippen molar-refractivity contribution >= 4 is 35.3 Å². The number of amides is 1. The van der Waals surface area contributed by atoms with E-state index >= 15 is 0 Å². The van der Waals surface area contributed by atoms with Crippen LogP contribution in [0.4, 0.5) is 0 Å². The molecule has 124 valence electrons. The second-order valence-electron chi connectivity index (χ2n) is 6.20. The third-order valence-electron chi connectivity index (χ3n) is 3.81. The Kier molecular flexibility index (Phi) is 7.24. The highest BCUT2D eigenvalue weighted by Crippen LogP contribution is 2.19. The zero-order valence-electron chi connectivity index (χ0n) is 14.0. The van der Waals surface area contributed by atoms with Crippen molar-refractivity contribution in [3.05, 3.63) is 48.0 Å². The van der Waals surface area contributed by atoms with E-state index < -0.39 is 0 Å². The molecule has 0 aromatic heterocycles. The van der Waals surface area contributed by atoms with Gasteiger partial charge in [0.2, 0.25) is 0 Å². The summed E-state index contributed by atoms with van der Waals surface area (Å²) in [6.07, 6.45) is 1.97. The third kappa shape index (κ3) is 4.80. The molecular weight excluding hydrogens is 308 g/mol. The second kappa shape index (κ2) is 8.68. The van der Waals surface area contributed by atoms with Crippen molar-refractivity contribution in [2.75, 3.05) is 6.54 Å². The van der Waals surface area contributed by atoms with E-state index in [1.54, 1.807) is 0 Å². The maximum absolute atomic E-state index is 12.9. The van der Waals surface area contributed by atoms with Gasteiger partial charge in [0.1, 0.15) is 0 Å². The summed E-state index contributed by atoms with van der Waals surface area (Å²) in [6, 6.07) is 14.0. The van der Waals surface area contributed by atoms with Crippen molar-refractivity contribution in [1.82, 2.24) is 4.90 Å². The van der Waals surface area contributed by atoms with Crippen molar-refractivity contribution in [2.24, 2.45) is 5.92 Å². The molecule has 2 aromatic rings. The van der Waals surface area contributed by atoms with Gasteiger partial charge >= 0.3 is 0 Å². The molecule has 1 atom stereocenters. The Morgan fingerprint density at radius 3 is 2.39 bits per heavy atom. The maximum Gasteiger partial charge on any atom is 0.254 e. The van der Waals surface area contributed by atoms with Gasteiger partial charge in [-0.3, -0.25) is 4.79 Å². The predicted molar refractivity (Wildman–Crippen MR) is 99.9 cm³/mol. The number of nitrogens with zero attached hydrogens (tertiary/aromatic N) is 1. The monoisotopic (exact) mass is 332 g/mol. The van der Waals surface area contributed by atoms with Gasteiger partial charge in [-0.2, -0.15) is 0 Å². The van der Waals surface area contributed by atoms with Gasteiger partial charge in [0.15, 0.2) is 0 Å². The van der Waals surface area contributed by atoms with Gasteiger partial charge in [-0.05, 0) is 42.0 Å². The van der Waals surface area contributed by atoms with Crippen LogP contribution in [0, 0.1) is 11.3 Å². The molecule has 0 aliphatic heterocycles. The van der Waals surface area contributed by atoms with E-state index in [9.17, 15) is 4.79 Å². The molecule has 0 fully saturated rings. The van der Waals surface area contributed by atoms with Crippen LogP contribution in [0.2, 0.25) is 0 Å². The SMILES string of the molecule is CC(C)CN(C(=O)c1ccc2ccccc2c1)[C@@H](C)CC=N.Cl. The summed E-state index contributed by atoms with van der Waals surface area (Å²) in [4.78, 5) is 14.8. The molecule has 0 bridgehead atoms. The average molecular weight is 333 g/mol. The number of benzene rings is 2. The van der Waals surface area contributed by atoms with Crippen LogP contribution in [-0.2, 0) is 0 Å². The van der Waals surface area contributed by atoms with Crippen LogP contribution in [0.3, 0.4) is 0 Å². The quantitative estimate of drug-likeness (QED) is 0.759. The third-order valence-corrected chi connectivity index (χ3v) is 3.81. The van der Waals surface area contributed by atoms with E-state index in [-0.39, 0.29) is 24.4 Å². The Bertz CT molecular complexity index is 669. The van der Waals surface area contributed by atoms with Crippen LogP contribution >= 0.6 is 12.4 Å². The number of carbonyl (C=O) groups is 1. The summed E-state index contributed by atoms with van der Waals surface area (Å²) in [6.45, 7) is 6.93. The Hall–Kier alpha value is -1.87. The van der Waals surface area contributed by atoms with Crippen LogP contribution in [0.25, 0.3) is 10.8 Å². The number of rotatable bonds is 6. The van der Waals surface area contributed by atoms with E-state index in [2.05, 4.69) is 13.8 Å². The van der Waals surface area contributed by atoms with Crippen LogP contribution in [0.15, 0.2) is 42.5 Å². The molecule has 1 N–H and O–H groups in total. The van der Waals surface area contributed by atoms with Crippen LogP contribution < -0.4 is 0 Å². The Balaban J connectivity index is 0.00000264. The molecule has 23 heavy (non-hydrogen) atoms. The lowest BCUT2D eigenvalue weighted by atomic mass is 10.0. The number of nitrogens with one attached hydrogen (secondary N) is 1. The van der Waals surface area contributed by atoms with Crippen LogP contribution in [-0.4, -0.2) is 29.6 Å². The lowest BCUT2D eigenvalue weighted by molar-refractivity contribution is 0.0673. The molecule has 2 aromatic carbocycles. The smallest absolute Gasteiger partial charge is 0.254 e. The molecule has 0 unspecified atom stereocenters. The van der Waals surface area contributed by atoms with Gasteiger partial charge in [-0.15, -0.1) is 12.4 Å². The molecule has 2 rings (SSSR count). The Morgan fingerprint density at radius 2 is 1.78 bits per heavy atom. The van der Waals surface area contributed by atoms with Crippen LogP contribution in [0.1, 0.15) is 37.6 Å². The second-order valence-corrected chi connectivity index (χ2v) is 6.20. The molecule has 3 nitrogen and oxygen atoms in total. The minimum atomic E-state index is 0. The predicted octanol–water partition coefficient (Wildman–Crippen LogP) is 4.79. The van der Waals surface area contributed by atoms with Gasteiger partial charge in [-0.25, -0.2) is 0 Å². The lowest BCUT2D eigenvalue weighted by Gasteiger charge is -2.30. The van der Waals surface area contributed by atoms with E-state index in [1.807, 2.05) is 54.3 Å². The highest BCUT2D eigenvalue weighted by atomic mass is 35.5. The number of halogens is 1. The van der Waals surface area contributed by atoms with E-state index in [1.165, 1.54) is 6.21 Å². The molecule has 0 aliphatic carbocycles. The van der Waals surface area contributed by atoms with E-state index in [0.717, 1.165) is 16.3 Å². The fraction of sp³-hybridized carbons (Fsp3) is 0.368. The first-order valence-corrected chi connectivity index (χ1v) is 7.81. The molecule has 0 saturated heterocycles. The topological polar surface area (TPSA) is 44.2 Å². The molecule has 4 heteroatoms. The lowest BCUT2D eigenvalue weighted by Crippen LogP contribution is -2.41. The maximum atomic E-state index is 12.9. The van der Waals surface area contributed by atoms with Gasteiger partial charge < -0.3 is 10.3 Å². The molecule has 0 heterocycles. The number of hydrogen-bond donors (Lipinski definition) is 1. The van der Waals surface area contributed by atoms with Crippen LogP contribution in [0.5, 0.6) is 0 Å². The summed E-state index contributed by atoms with van der Waals surface area (Å²) in [5.41, 5.74) is 0.719. The highest BCUT2D eigenvalue weighted by molar-refractivity contribution is 5.98. The molecule has 0 spiro atoms. The van der Waals surface area contributed by atoms with Gasteiger partial charge in [-0.1, -0.05) is 44.2 Å². The van der Waals surface area contributed by atoms with Crippen molar-refractivity contribution in [3.8, 4) is 0 Å². The first kappa shape index (κ1) is 19.2. The normalized spacial score (nSPS) is 11.8. The Morgan fingerprint density at radius 1 is 1.13 bits per heavy atom. The zero-order valence-corrected chi connectivity index (χ0v) is 14.8. The summed E-state index contributed by atoms with van der Waals surface area (Å²) in [7, 11) is 0. The minimum Gasteiger partial charge on any atom is -0.335 e. The van der Waals surface area contributed by atoms with Gasteiger partial charge in [0.05, 0.1) is 0 Å². The molecule has 0 saturated carbocycles. The molecule has 0 aliphatic rings. The van der Waals surface area contributed by atoms with Crippen molar-refractivity contribution < 1.29 is 4.79 Å². The number of hydrogen-bond acceptors (Lipinski definition) is 2. The largest absolute Gasteiger partial charge is 0.335 e. The number of fused-ring (bicyclic) bond motifs is 1. The molecule has 1 amide bonds. The fourth-order valence-corrected chi connectivity index (χ4v) is 2.64.